The Balaban J connectivity index is 2.75. The number of allylic oxidation sites excluding steroid dienone is 16. The predicted molar refractivity (Wildman–Crippen MR) is 294 cm³/mol. The number of carbonyl (C=O) groups excluding carboxylic acids is 3. The maximum Gasteiger partial charge on any atom is 0.335 e. The monoisotopic (exact) mass is 1020 g/mol. The molecule has 6 atom stereocenters. The first kappa shape index (κ1) is 66.7. The summed E-state index contributed by atoms with van der Waals surface area (Å²) in [6.45, 7) is 5.67. The molecule has 0 saturated carbocycles. The number of esters is 3. The minimum absolute atomic E-state index is 0.0316. The molecule has 12 heteroatoms. The van der Waals surface area contributed by atoms with E-state index in [-0.39, 0.29) is 25.9 Å². The second-order valence-corrected chi connectivity index (χ2v) is 18.8. The number of hydrogen-bond acceptors (Lipinski definition) is 11. The van der Waals surface area contributed by atoms with Crippen LogP contribution < -0.4 is 0 Å². The highest BCUT2D eigenvalue weighted by Gasteiger charge is 2.50. The van der Waals surface area contributed by atoms with Gasteiger partial charge in [-0.2, -0.15) is 0 Å². The molecule has 1 aliphatic heterocycles. The summed E-state index contributed by atoms with van der Waals surface area (Å²) in [5.74, 6) is -3.21. The molecule has 0 aliphatic carbocycles. The van der Waals surface area contributed by atoms with Crippen LogP contribution in [-0.2, 0) is 42.9 Å². The highest BCUT2D eigenvalue weighted by atomic mass is 16.7. The topological polar surface area (TPSA) is 175 Å². The lowest BCUT2D eigenvalue weighted by molar-refractivity contribution is -0.301. The zero-order valence-electron chi connectivity index (χ0n) is 45.3. The van der Waals surface area contributed by atoms with E-state index in [2.05, 4.69) is 118 Å². The van der Waals surface area contributed by atoms with Crippen LogP contribution in [0.15, 0.2) is 97.2 Å². The fraction of sp³-hybridized carbons (Fsp3) is 0.672. The van der Waals surface area contributed by atoms with Crippen molar-refractivity contribution >= 4 is 23.9 Å². The van der Waals surface area contributed by atoms with Crippen molar-refractivity contribution in [1.29, 1.82) is 0 Å². The molecule has 0 spiro atoms. The van der Waals surface area contributed by atoms with Crippen LogP contribution in [0.2, 0.25) is 0 Å². The number of hydrogen-bond donors (Lipinski definition) is 3. The highest BCUT2D eigenvalue weighted by molar-refractivity contribution is 5.74. The van der Waals surface area contributed by atoms with E-state index in [1.807, 2.05) is 0 Å². The summed E-state index contributed by atoms with van der Waals surface area (Å²) in [7, 11) is 0. The number of aliphatic carboxylic acids is 1. The zero-order valence-corrected chi connectivity index (χ0v) is 45.3. The molecule has 0 aromatic carbocycles. The zero-order chi connectivity index (χ0) is 53.3. The van der Waals surface area contributed by atoms with E-state index >= 15 is 0 Å². The van der Waals surface area contributed by atoms with Gasteiger partial charge in [0.15, 0.2) is 24.6 Å². The van der Waals surface area contributed by atoms with Crippen LogP contribution in [-0.4, -0.2) is 89.2 Å². The van der Waals surface area contributed by atoms with Crippen molar-refractivity contribution in [2.45, 2.75) is 250 Å². The van der Waals surface area contributed by atoms with Gasteiger partial charge in [-0.3, -0.25) is 14.4 Å². The van der Waals surface area contributed by atoms with Crippen LogP contribution in [0.4, 0.5) is 0 Å². The molecule has 1 saturated heterocycles. The van der Waals surface area contributed by atoms with Crippen LogP contribution in [0.5, 0.6) is 0 Å². The Morgan fingerprint density at radius 2 is 0.863 bits per heavy atom. The Labute approximate surface area is 441 Å². The third-order valence-electron chi connectivity index (χ3n) is 12.1. The van der Waals surface area contributed by atoms with Gasteiger partial charge in [-0.25, -0.2) is 4.79 Å². The minimum Gasteiger partial charge on any atom is -0.479 e. The van der Waals surface area contributed by atoms with Gasteiger partial charge in [0.2, 0.25) is 0 Å². The third kappa shape index (κ3) is 38.8. The second-order valence-electron chi connectivity index (χ2n) is 18.8. The Morgan fingerprint density at radius 3 is 1.33 bits per heavy atom. The van der Waals surface area contributed by atoms with Crippen LogP contribution in [0.1, 0.15) is 213 Å². The second kappa shape index (κ2) is 48.6. The molecule has 0 radical (unpaired) electrons. The van der Waals surface area contributed by atoms with Crippen molar-refractivity contribution in [3.8, 4) is 0 Å². The van der Waals surface area contributed by atoms with E-state index in [0.717, 1.165) is 135 Å². The molecule has 1 aliphatic rings. The summed E-state index contributed by atoms with van der Waals surface area (Å²) >= 11 is 0. The average Bonchev–Trinajstić information content (AvgIpc) is 3.37. The summed E-state index contributed by atoms with van der Waals surface area (Å²) in [4.78, 5) is 51.0. The van der Waals surface area contributed by atoms with Crippen molar-refractivity contribution in [2.75, 3.05) is 13.2 Å². The Hall–Kier alpha value is -4.36. The fourth-order valence-electron chi connectivity index (χ4n) is 7.84. The number of aliphatic hydroxyl groups excluding tert-OH is 2. The van der Waals surface area contributed by atoms with Crippen molar-refractivity contribution < 1.29 is 58.2 Å². The van der Waals surface area contributed by atoms with E-state index in [1.165, 1.54) is 19.3 Å². The largest absolute Gasteiger partial charge is 0.479 e. The molecular formula is C61H98O12. The molecule has 1 heterocycles. The maximum absolute atomic E-state index is 13.1. The normalized spacial score (nSPS) is 19.1. The van der Waals surface area contributed by atoms with Crippen LogP contribution in [0.25, 0.3) is 0 Å². The van der Waals surface area contributed by atoms with Crippen molar-refractivity contribution in [3.63, 3.8) is 0 Å². The number of ether oxygens (including phenoxy) is 5. The summed E-state index contributed by atoms with van der Waals surface area (Å²) in [5, 5.41) is 31.4. The van der Waals surface area contributed by atoms with Gasteiger partial charge in [-0.15, -0.1) is 0 Å². The van der Waals surface area contributed by atoms with Crippen molar-refractivity contribution in [2.24, 2.45) is 0 Å². The van der Waals surface area contributed by atoms with E-state index in [1.54, 1.807) is 0 Å². The van der Waals surface area contributed by atoms with Crippen LogP contribution >= 0.6 is 0 Å². The van der Waals surface area contributed by atoms with Crippen molar-refractivity contribution in [3.05, 3.63) is 97.2 Å². The summed E-state index contributed by atoms with van der Waals surface area (Å²) in [6.07, 6.45) is 51.0. The smallest absolute Gasteiger partial charge is 0.335 e. The molecule has 12 nitrogen and oxygen atoms in total. The lowest BCUT2D eigenvalue weighted by Crippen LogP contribution is -2.61. The number of carboxylic acids is 1. The first-order valence-electron chi connectivity index (χ1n) is 28.2. The average molecular weight is 1020 g/mol. The molecular weight excluding hydrogens is 925 g/mol. The Morgan fingerprint density at radius 1 is 0.466 bits per heavy atom. The number of unbranched alkanes of at least 4 members (excludes halogenated alkanes) is 16. The lowest BCUT2D eigenvalue weighted by Gasteiger charge is -2.40. The van der Waals surface area contributed by atoms with Gasteiger partial charge in [0, 0.05) is 19.3 Å². The SMILES string of the molecule is CC/C=C\C/C=C\C/C=C\CCCCCCCC(=O)OC1C(OCC(COC(=O)CCCCCCC/C=C\C/C=C\CCCCC)OC(=O)CCCCC/C=C\C/C=C\C/C=C\CC)OC(C(=O)O)C(O)C1O. The first-order chi connectivity index (χ1) is 35.6. The lowest BCUT2D eigenvalue weighted by atomic mass is 9.98. The maximum atomic E-state index is 13.1. The third-order valence-corrected chi connectivity index (χ3v) is 12.1. The molecule has 6 unspecified atom stereocenters. The molecule has 0 amide bonds. The standard InChI is InChI=1S/C61H98O12/c1-4-7-10-13-16-19-22-25-27-30-32-35-38-41-44-47-53(62)69-50-52(71-54(63)48-45-42-39-36-33-29-24-21-18-15-12-9-6-3)51-70-61-59(57(66)56(65)58(73-61)60(67)68)72-55(64)49-46-43-40-37-34-31-28-26-23-20-17-14-11-8-5-2/h8-9,11-12,16-21,25-29,33,52,56-59,61,65-66H,4-7,10,13-15,22-24,30-32,34-51H2,1-3H3,(H,67,68)/b11-8-,12-9-,19-16-,20-17-,21-18-,27-25-,28-26-,33-29-. The Bertz CT molecular complexity index is 1640. The first-order valence-corrected chi connectivity index (χ1v) is 28.2. The van der Waals surface area contributed by atoms with Crippen LogP contribution in [0, 0.1) is 0 Å². The number of carbonyl (C=O) groups is 4. The molecule has 1 fully saturated rings. The molecule has 73 heavy (non-hydrogen) atoms. The van der Waals surface area contributed by atoms with E-state index in [9.17, 15) is 34.5 Å². The van der Waals surface area contributed by atoms with Gasteiger partial charge in [0.1, 0.15) is 18.8 Å². The molecule has 0 aromatic heterocycles. The quantitative estimate of drug-likeness (QED) is 0.0228. The number of rotatable bonds is 46. The molecule has 414 valence electrons. The van der Waals surface area contributed by atoms with E-state index in [4.69, 9.17) is 23.7 Å². The highest BCUT2D eigenvalue weighted by Crippen LogP contribution is 2.26. The van der Waals surface area contributed by atoms with Gasteiger partial charge < -0.3 is 39.0 Å². The predicted octanol–water partition coefficient (Wildman–Crippen LogP) is 14.1. The van der Waals surface area contributed by atoms with Gasteiger partial charge in [-0.1, -0.05) is 176 Å². The van der Waals surface area contributed by atoms with Gasteiger partial charge in [0.05, 0.1) is 6.61 Å². The number of carboxylic acid groups (broad SMARTS) is 1. The fourth-order valence-corrected chi connectivity index (χ4v) is 7.84. The molecule has 0 aromatic rings. The Kier molecular flexibility index (Phi) is 44.4. The summed E-state index contributed by atoms with van der Waals surface area (Å²) < 4.78 is 28.3. The van der Waals surface area contributed by atoms with E-state index in [0.29, 0.717) is 19.3 Å². The molecule has 1 rings (SSSR count). The van der Waals surface area contributed by atoms with Crippen LogP contribution in [0.3, 0.4) is 0 Å². The molecule has 0 bridgehead atoms. The van der Waals surface area contributed by atoms with E-state index < -0.39 is 67.3 Å². The van der Waals surface area contributed by atoms with Gasteiger partial charge in [-0.05, 0) is 116 Å². The molecule has 3 N–H and O–H groups in total. The number of aliphatic hydroxyl groups is 2. The van der Waals surface area contributed by atoms with Gasteiger partial charge >= 0.3 is 23.9 Å². The van der Waals surface area contributed by atoms with Gasteiger partial charge in [0.25, 0.3) is 0 Å². The summed E-state index contributed by atoms with van der Waals surface area (Å²) in [5.41, 5.74) is 0. The van der Waals surface area contributed by atoms with Crippen molar-refractivity contribution in [1.82, 2.24) is 0 Å². The summed E-state index contributed by atoms with van der Waals surface area (Å²) in [6, 6.07) is 0. The minimum atomic E-state index is -1.92.